The fourth-order valence-electron chi connectivity index (χ4n) is 0.249. The van der Waals surface area contributed by atoms with Crippen molar-refractivity contribution in [2.75, 3.05) is 6.54 Å². The summed E-state index contributed by atoms with van der Waals surface area (Å²) < 4.78 is 0. The monoisotopic (exact) mass is 130 g/mol. The van der Waals surface area contributed by atoms with E-state index in [9.17, 15) is 4.79 Å². The molecule has 0 rings (SSSR count). The van der Waals surface area contributed by atoms with Crippen molar-refractivity contribution in [3.8, 4) is 0 Å². The van der Waals surface area contributed by atoms with Gasteiger partial charge in [-0.2, -0.15) is 5.11 Å². The van der Waals surface area contributed by atoms with Crippen LogP contribution in [0, 0.1) is 5.92 Å². The Morgan fingerprint density at radius 2 is 2.33 bits per heavy atom. The van der Waals surface area contributed by atoms with Crippen LogP contribution in [0.5, 0.6) is 0 Å². The maximum atomic E-state index is 9.47. The molecule has 0 aliphatic heterocycles. The normalized spacial score (nSPS) is 10.6. The fraction of sp³-hybridized carbons (Fsp3) is 0.800. The summed E-state index contributed by atoms with van der Waals surface area (Å²) in [4.78, 5) is 13.4. The van der Waals surface area contributed by atoms with Crippen LogP contribution in [0.15, 0.2) is 10.4 Å². The van der Waals surface area contributed by atoms with Crippen LogP contribution in [0.2, 0.25) is 0 Å². The zero-order valence-corrected chi connectivity index (χ0v) is 5.57. The molecule has 0 amide bonds. The zero-order chi connectivity index (χ0) is 7.11. The van der Waals surface area contributed by atoms with Crippen molar-refractivity contribution in [2.45, 2.75) is 13.8 Å². The van der Waals surface area contributed by atoms with Crippen LogP contribution in [-0.2, 0) is 9.63 Å². The maximum Gasteiger partial charge on any atom is 0.325 e. The lowest BCUT2D eigenvalue weighted by molar-refractivity contribution is -0.129. The van der Waals surface area contributed by atoms with Crippen molar-refractivity contribution in [3.05, 3.63) is 0 Å². The molecular formula is C5H10N2O2. The van der Waals surface area contributed by atoms with E-state index in [1.807, 2.05) is 13.8 Å². The van der Waals surface area contributed by atoms with Crippen molar-refractivity contribution in [2.24, 2.45) is 16.3 Å². The van der Waals surface area contributed by atoms with Gasteiger partial charge in [0.25, 0.3) is 0 Å². The number of carbonyl (C=O) groups excluding carboxylic acids is 1. The Labute approximate surface area is 53.9 Å². The fourth-order valence-corrected chi connectivity index (χ4v) is 0.249. The van der Waals surface area contributed by atoms with E-state index in [0.29, 0.717) is 12.5 Å². The van der Waals surface area contributed by atoms with Crippen LogP contribution in [0.4, 0.5) is 0 Å². The van der Waals surface area contributed by atoms with E-state index in [4.69, 9.17) is 0 Å². The van der Waals surface area contributed by atoms with E-state index in [1.165, 1.54) is 0 Å². The molecular weight excluding hydrogens is 120 g/mol. The second kappa shape index (κ2) is 5.21. The summed E-state index contributed by atoms with van der Waals surface area (Å²) in [5.74, 6) is 0.448. The molecule has 0 fully saturated rings. The summed E-state index contributed by atoms with van der Waals surface area (Å²) in [5, 5.41) is 6.62. The molecule has 9 heavy (non-hydrogen) atoms. The third-order valence-corrected chi connectivity index (χ3v) is 0.595. The number of nitrogens with zero attached hydrogens (tertiary/aromatic N) is 2. The number of rotatable bonds is 4. The summed E-state index contributed by atoms with van der Waals surface area (Å²) in [6.45, 7) is 4.83. The molecule has 0 heterocycles. The van der Waals surface area contributed by atoms with Gasteiger partial charge in [0.05, 0.1) is 6.54 Å². The first-order valence-electron chi connectivity index (χ1n) is 2.73. The Kier molecular flexibility index (Phi) is 4.67. The van der Waals surface area contributed by atoms with Gasteiger partial charge in [-0.25, -0.2) is 0 Å². The predicted molar refractivity (Wildman–Crippen MR) is 31.7 cm³/mol. The van der Waals surface area contributed by atoms with Gasteiger partial charge in [-0.1, -0.05) is 13.8 Å². The highest BCUT2D eigenvalue weighted by molar-refractivity contribution is 5.36. The molecule has 0 saturated carbocycles. The molecule has 0 aromatic carbocycles. The molecule has 0 aliphatic rings. The predicted octanol–water partition coefficient (Wildman–Crippen LogP) is 1.18. The highest BCUT2D eigenvalue weighted by Gasteiger charge is 1.87. The van der Waals surface area contributed by atoms with E-state index in [2.05, 4.69) is 15.2 Å². The van der Waals surface area contributed by atoms with Gasteiger partial charge in [0.2, 0.25) is 0 Å². The number of hydrogen-bond donors (Lipinski definition) is 0. The van der Waals surface area contributed by atoms with Gasteiger partial charge in [-0.05, 0) is 5.92 Å². The minimum atomic E-state index is 0.240. The Morgan fingerprint density at radius 1 is 1.67 bits per heavy atom. The van der Waals surface area contributed by atoms with E-state index in [-0.39, 0.29) is 6.47 Å². The third-order valence-electron chi connectivity index (χ3n) is 0.595. The van der Waals surface area contributed by atoms with Gasteiger partial charge in [0.15, 0.2) is 0 Å². The number of hydrogen-bond acceptors (Lipinski definition) is 4. The largest absolute Gasteiger partial charge is 0.325 e. The summed E-state index contributed by atoms with van der Waals surface area (Å²) in [5.41, 5.74) is 0. The molecule has 0 radical (unpaired) electrons. The molecule has 4 heteroatoms. The lowest BCUT2D eigenvalue weighted by Gasteiger charge is -1.92. The standard InChI is InChI=1S/C5H10N2O2/c1-5(2)3-6-7-9-4-8/h4-5H,3H2,1-2H3. The molecule has 0 aliphatic carbocycles. The molecule has 0 spiro atoms. The minimum absolute atomic E-state index is 0.240. The van der Waals surface area contributed by atoms with Crippen LogP contribution in [0.1, 0.15) is 13.8 Å². The van der Waals surface area contributed by atoms with Crippen LogP contribution in [0.25, 0.3) is 0 Å². The Balaban J connectivity index is 3.14. The highest BCUT2D eigenvalue weighted by Crippen LogP contribution is 1.91. The minimum Gasteiger partial charge on any atom is -0.304 e. The summed E-state index contributed by atoms with van der Waals surface area (Å²) in [6.07, 6.45) is 0. The van der Waals surface area contributed by atoms with E-state index >= 15 is 0 Å². The van der Waals surface area contributed by atoms with Crippen molar-refractivity contribution < 1.29 is 9.63 Å². The van der Waals surface area contributed by atoms with Crippen molar-refractivity contribution in [1.29, 1.82) is 0 Å². The van der Waals surface area contributed by atoms with Crippen molar-refractivity contribution in [1.82, 2.24) is 0 Å². The van der Waals surface area contributed by atoms with Crippen LogP contribution >= 0.6 is 0 Å². The van der Waals surface area contributed by atoms with Crippen LogP contribution in [-0.4, -0.2) is 13.0 Å². The Hall–Kier alpha value is -0.930. The first kappa shape index (κ1) is 8.07. The second-order valence-corrected chi connectivity index (χ2v) is 2.00. The van der Waals surface area contributed by atoms with Crippen LogP contribution in [0.3, 0.4) is 0 Å². The maximum absolute atomic E-state index is 9.47. The van der Waals surface area contributed by atoms with E-state index in [0.717, 1.165) is 0 Å². The summed E-state index contributed by atoms with van der Waals surface area (Å²) in [7, 11) is 0. The average Bonchev–Trinajstić information content (AvgIpc) is 1.80. The highest BCUT2D eigenvalue weighted by atomic mass is 16.7. The van der Waals surface area contributed by atoms with Gasteiger partial charge in [-0.15, -0.1) is 0 Å². The second-order valence-electron chi connectivity index (χ2n) is 2.00. The Morgan fingerprint density at radius 3 is 2.78 bits per heavy atom. The third kappa shape index (κ3) is 7.07. The molecule has 52 valence electrons. The molecule has 0 atom stereocenters. The summed E-state index contributed by atoms with van der Waals surface area (Å²) in [6, 6.07) is 0. The van der Waals surface area contributed by atoms with E-state index in [1.54, 1.807) is 0 Å². The quantitative estimate of drug-likeness (QED) is 0.326. The first-order valence-corrected chi connectivity index (χ1v) is 2.73. The molecule has 0 bridgehead atoms. The van der Waals surface area contributed by atoms with E-state index < -0.39 is 0 Å². The van der Waals surface area contributed by atoms with Gasteiger partial charge in [0.1, 0.15) is 0 Å². The molecule has 0 N–H and O–H groups in total. The van der Waals surface area contributed by atoms with Crippen molar-refractivity contribution in [3.63, 3.8) is 0 Å². The molecule has 4 nitrogen and oxygen atoms in total. The smallest absolute Gasteiger partial charge is 0.304 e. The Bertz CT molecular complexity index is 101. The molecule has 0 aromatic rings. The molecule has 0 saturated heterocycles. The van der Waals surface area contributed by atoms with Crippen LogP contribution < -0.4 is 0 Å². The molecule has 0 unspecified atom stereocenters. The van der Waals surface area contributed by atoms with Gasteiger partial charge in [0, 0.05) is 5.28 Å². The van der Waals surface area contributed by atoms with Gasteiger partial charge in [-0.3, -0.25) is 4.79 Å². The van der Waals surface area contributed by atoms with Gasteiger partial charge < -0.3 is 4.84 Å². The summed E-state index contributed by atoms with van der Waals surface area (Å²) >= 11 is 0. The molecule has 0 aromatic heterocycles. The van der Waals surface area contributed by atoms with Gasteiger partial charge >= 0.3 is 6.47 Å². The topological polar surface area (TPSA) is 51.0 Å². The average molecular weight is 130 g/mol. The van der Waals surface area contributed by atoms with Crippen molar-refractivity contribution >= 4 is 6.47 Å². The SMILES string of the molecule is CC(C)CN=NOC=O. The first-order chi connectivity index (χ1) is 4.27. The lowest BCUT2D eigenvalue weighted by Crippen LogP contribution is -1.90. The lowest BCUT2D eigenvalue weighted by atomic mass is 10.2. The zero-order valence-electron chi connectivity index (χ0n) is 5.57. The number of carbonyl (C=O) groups is 1.